The SMILES string of the molecule is CC(C)(O)c1cc2nn(C34CCC(N5CCN(CCc6cc(F)c([C@H]7CCC(=O)NC7=O)c(F)c6)CC5)(CC3)CC4)cc2cc1NC(=O)c1ccc2cc(C#N)cnn12. The molecule has 3 saturated carbocycles. The number of hydrogen-bond acceptors (Lipinski definition) is 9. The molecule has 2 aliphatic heterocycles. The molecule has 3 amide bonds. The molecule has 306 valence electrons. The number of halogens is 2. The summed E-state index contributed by atoms with van der Waals surface area (Å²) in [5.41, 5.74) is 2.18. The predicted molar refractivity (Wildman–Crippen MR) is 214 cm³/mol. The number of nitriles is 1. The number of piperazine rings is 1. The van der Waals surface area contributed by atoms with Gasteiger partial charge in [-0.15, -0.1) is 0 Å². The summed E-state index contributed by atoms with van der Waals surface area (Å²) < 4.78 is 33.9. The molecule has 3 aliphatic carbocycles. The lowest BCUT2D eigenvalue weighted by atomic mass is 9.60. The van der Waals surface area contributed by atoms with Crippen molar-refractivity contribution < 1.29 is 28.3 Å². The van der Waals surface area contributed by atoms with Crippen molar-refractivity contribution in [3.8, 4) is 6.07 Å². The van der Waals surface area contributed by atoms with Gasteiger partial charge in [0.1, 0.15) is 23.4 Å². The van der Waals surface area contributed by atoms with Crippen molar-refractivity contribution in [2.75, 3.05) is 38.0 Å². The molecular formula is C44H47F2N9O4. The number of aliphatic hydroxyl groups is 1. The number of benzene rings is 2. The molecule has 0 unspecified atom stereocenters. The zero-order valence-corrected chi connectivity index (χ0v) is 33.2. The largest absolute Gasteiger partial charge is 0.386 e. The van der Waals surface area contributed by atoms with E-state index in [1.165, 1.54) is 22.8 Å². The van der Waals surface area contributed by atoms with Crippen LogP contribution in [0.4, 0.5) is 14.5 Å². The van der Waals surface area contributed by atoms with Crippen LogP contribution >= 0.6 is 0 Å². The third-order valence-electron chi connectivity index (χ3n) is 13.6. The van der Waals surface area contributed by atoms with Gasteiger partial charge in [-0.05, 0) is 113 Å². The molecular weight excluding hydrogens is 757 g/mol. The van der Waals surface area contributed by atoms with Crippen LogP contribution in [0.1, 0.15) is 104 Å². The number of amides is 3. The first-order valence-corrected chi connectivity index (χ1v) is 20.5. The van der Waals surface area contributed by atoms with Gasteiger partial charge in [-0.2, -0.15) is 15.5 Å². The Labute approximate surface area is 339 Å². The van der Waals surface area contributed by atoms with Crippen LogP contribution in [0.5, 0.6) is 0 Å². The van der Waals surface area contributed by atoms with Crippen molar-refractivity contribution in [3.63, 3.8) is 0 Å². The van der Waals surface area contributed by atoms with Crippen LogP contribution in [0.15, 0.2) is 54.9 Å². The number of piperidine rings is 1. The van der Waals surface area contributed by atoms with Gasteiger partial charge in [0.15, 0.2) is 0 Å². The lowest BCUT2D eigenvalue weighted by molar-refractivity contribution is -0.134. The molecule has 2 aromatic carbocycles. The fourth-order valence-electron chi connectivity index (χ4n) is 10.1. The second-order valence-corrected chi connectivity index (χ2v) is 17.5. The van der Waals surface area contributed by atoms with E-state index >= 15 is 8.78 Å². The molecule has 10 rings (SSSR count). The van der Waals surface area contributed by atoms with Crippen LogP contribution in [-0.4, -0.2) is 90.3 Å². The Hall–Kier alpha value is -5.56. The van der Waals surface area contributed by atoms with Crippen LogP contribution in [-0.2, 0) is 27.1 Å². The van der Waals surface area contributed by atoms with Crippen molar-refractivity contribution >= 4 is 39.8 Å². The van der Waals surface area contributed by atoms with E-state index in [1.54, 1.807) is 32.0 Å². The molecule has 0 spiro atoms. The average Bonchev–Trinajstić information content (AvgIpc) is 3.85. The normalized spacial score (nSPS) is 24.1. The van der Waals surface area contributed by atoms with Gasteiger partial charge in [-0.1, -0.05) is 0 Å². The number of hydrogen-bond donors (Lipinski definition) is 3. The molecule has 5 aliphatic rings. The Balaban J connectivity index is 0.836. The Morgan fingerprint density at radius 3 is 2.36 bits per heavy atom. The van der Waals surface area contributed by atoms with E-state index in [1.807, 2.05) is 12.1 Å². The minimum Gasteiger partial charge on any atom is -0.386 e. The molecule has 2 bridgehead atoms. The molecule has 5 aromatic rings. The van der Waals surface area contributed by atoms with Gasteiger partial charge < -0.3 is 15.3 Å². The minimum atomic E-state index is -1.26. The lowest BCUT2D eigenvalue weighted by Crippen LogP contribution is -2.63. The van der Waals surface area contributed by atoms with E-state index in [4.69, 9.17) is 5.10 Å². The maximum Gasteiger partial charge on any atom is 0.274 e. The standard InChI is InChI=1S/C44H47F2N9O4/c1-42(2,59)32-23-35-29(22-36(32)49-41(58)37-5-3-30-19-28(24-47)25-48-55(30)37)26-54(51-35)44-11-8-43(9-12-44,10-13-44)53-17-15-52(16-18-53)14-7-27-20-33(45)39(34(46)21-27)31-4-6-38(56)50-40(31)57/h3,5,19-23,25-26,31,59H,4,6-18H2,1-2H3,(H,49,58)(H,50,56,57)/t31-,43?,44?/m1/s1. The van der Waals surface area contributed by atoms with Crippen molar-refractivity contribution in [1.29, 1.82) is 5.26 Å². The van der Waals surface area contributed by atoms with E-state index in [0.717, 1.165) is 75.6 Å². The first-order chi connectivity index (χ1) is 28.2. The number of carbonyl (C=O) groups excluding carboxylic acids is 3. The number of rotatable bonds is 9. The van der Waals surface area contributed by atoms with Crippen LogP contribution < -0.4 is 10.6 Å². The van der Waals surface area contributed by atoms with Crippen LogP contribution in [0, 0.1) is 23.0 Å². The summed E-state index contributed by atoms with van der Waals surface area (Å²) in [5.74, 6) is -3.94. The van der Waals surface area contributed by atoms with E-state index in [0.29, 0.717) is 46.6 Å². The summed E-state index contributed by atoms with van der Waals surface area (Å²) in [6.07, 6.45) is 10.3. The average molecular weight is 804 g/mol. The Morgan fingerprint density at radius 2 is 1.69 bits per heavy atom. The quantitative estimate of drug-likeness (QED) is 0.164. The summed E-state index contributed by atoms with van der Waals surface area (Å²) in [5, 5.41) is 35.9. The third kappa shape index (κ3) is 7.06. The van der Waals surface area contributed by atoms with Crippen molar-refractivity contribution in [1.82, 2.24) is 34.5 Å². The summed E-state index contributed by atoms with van der Waals surface area (Å²) in [6.45, 7) is 7.66. The monoisotopic (exact) mass is 803 g/mol. The zero-order chi connectivity index (χ0) is 41.3. The number of nitrogens with one attached hydrogen (secondary N) is 2. The molecule has 2 saturated heterocycles. The minimum absolute atomic E-state index is 0.0594. The highest BCUT2D eigenvalue weighted by atomic mass is 19.1. The topological polar surface area (TPSA) is 161 Å². The zero-order valence-electron chi connectivity index (χ0n) is 33.2. The van der Waals surface area contributed by atoms with E-state index in [-0.39, 0.29) is 35.4 Å². The van der Waals surface area contributed by atoms with Crippen molar-refractivity contribution in [2.45, 2.75) is 94.2 Å². The van der Waals surface area contributed by atoms with E-state index in [9.17, 15) is 24.8 Å². The van der Waals surface area contributed by atoms with Crippen LogP contribution in [0.2, 0.25) is 0 Å². The van der Waals surface area contributed by atoms with Gasteiger partial charge in [0.2, 0.25) is 11.8 Å². The molecule has 1 atom stereocenters. The van der Waals surface area contributed by atoms with Gasteiger partial charge in [-0.25, -0.2) is 13.3 Å². The molecule has 15 heteroatoms. The molecule has 5 heterocycles. The molecule has 0 radical (unpaired) electrons. The van der Waals surface area contributed by atoms with E-state index < -0.39 is 35.0 Å². The van der Waals surface area contributed by atoms with Crippen LogP contribution in [0.25, 0.3) is 16.4 Å². The fraction of sp³-hybridized carbons (Fsp3) is 0.455. The Bertz CT molecular complexity index is 2510. The Morgan fingerprint density at radius 1 is 1.00 bits per heavy atom. The van der Waals surface area contributed by atoms with Crippen molar-refractivity contribution in [3.05, 3.63) is 94.4 Å². The summed E-state index contributed by atoms with van der Waals surface area (Å²) in [7, 11) is 0. The first kappa shape index (κ1) is 38.9. The number of carbonyl (C=O) groups is 3. The van der Waals surface area contributed by atoms with E-state index in [2.05, 4.69) is 42.5 Å². The number of aromatic nitrogens is 4. The molecule has 13 nitrogen and oxygen atoms in total. The fourth-order valence-corrected chi connectivity index (χ4v) is 10.1. The first-order valence-electron chi connectivity index (χ1n) is 20.5. The maximum absolute atomic E-state index is 15.1. The smallest absolute Gasteiger partial charge is 0.274 e. The number of imide groups is 1. The van der Waals surface area contributed by atoms with Gasteiger partial charge in [0.05, 0.1) is 39.9 Å². The second-order valence-electron chi connectivity index (χ2n) is 17.5. The summed E-state index contributed by atoms with van der Waals surface area (Å²) >= 11 is 0. The third-order valence-corrected chi connectivity index (χ3v) is 13.6. The van der Waals surface area contributed by atoms with Gasteiger partial charge >= 0.3 is 0 Å². The van der Waals surface area contributed by atoms with Gasteiger partial charge in [0.25, 0.3) is 5.91 Å². The number of nitrogens with zero attached hydrogens (tertiary/aromatic N) is 7. The van der Waals surface area contributed by atoms with Gasteiger partial charge in [0, 0.05) is 73.1 Å². The Kier molecular flexibility index (Phi) is 9.64. The molecule has 5 fully saturated rings. The predicted octanol–water partition coefficient (Wildman–Crippen LogP) is 5.50. The molecule has 59 heavy (non-hydrogen) atoms. The second kappa shape index (κ2) is 14.6. The summed E-state index contributed by atoms with van der Waals surface area (Å²) in [4.78, 5) is 42.4. The highest BCUT2D eigenvalue weighted by molar-refractivity contribution is 6.05. The molecule has 3 N–H and O–H groups in total. The summed E-state index contributed by atoms with van der Waals surface area (Å²) in [6, 6.07) is 13.5. The number of fused-ring (bicyclic) bond motifs is 5. The van der Waals surface area contributed by atoms with Crippen molar-refractivity contribution in [2.24, 2.45) is 0 Å². The highest BCUT2D eigenvalue weighted by Gasteiger charge is 2.53. The van der Waals surface area contributed by atoms with Gasteiger partial charge in [-0.3, -0.25) is 29.3 Å². The maximum atomic E-state index is 15.1. The lowest BCUT2D eigenvalue weighted by Gasteiger charge is -2.58. The number of anilines is 1. The highest BCUT2D eigenvalue weighted by Crippen LogP contribution is 2.53. The van der Waals surface area contributed by atoms with Crippen LogP contribution in [0.3, 0.4) is 0 Å². The molecule has 3 aromatic heterocycles.